The van der Waals surface area contributed by atoms with Crippen LogP contribution in [-0.4, -0.2) is 39.3 Å². The van der Waals surface area contributed by atoms with Gasteiger partial charge in [0.05, 0.1) is 11.9 Å². The SMILES string of the molecule is O=C(O)Cn1nncc1-c1ccc2c(c1)OCCO2. The summed E-state index contributed by atoms with van der Waals surface area (Å²) in [6.45, 7) is 0.803. The lowest BCUT2D eigenvalue weighted by molar-refractivity contribution is -0.137. The highest BCUT2D eigenvalue weighted by atomic mass is 16.6. The fourth-order valence-corrected chi connectivity index (χ4v) is 1.93. The molecule has 0 fully saturated rings. The van der Waals surface area contributed by atoms with E-state index in [1.807, 2.05) is 6.07 Å². The first-order chi connectivity index (χ1) is 9.24. The molecule has 1 aliphatic rings. The molecule has 1 N–H and O–H groups in total. The van der Waals surface area contributed by atoms with E-state index >= 15 is 0 Å². The third kappa shape index (κ3) is 2.22. The summed E-state index contributed by atoms with van der Waals surface area (Å²) < 4.78 is 12.3. The molecule has 0 bridgehead atoms. The van der Waals surface area contributed by atoms with Gasteiger partial charge in [-0.15, -0.1) is 5.10 Å². The molecule has 0 atom stereocenters. The maximum absolute atomic E-state index is 10.7. The summed E-state index contributed by atoms with van der Waals surface area (Å²) in [5.74, 6) is 0.364. The average Bonchev–Trinajstić information content (AvgIpc) is 2.85. The van der Waals surface area contributed by atoms with Gasteiger partial charge in [0.1, 0.15) is 19.8 Å². The van der Waals surface area contributed by atoms with Gasteiger partial charge < -0.3 is 14.6 Å². The molecule has 0 radical (unpaired) electrons. The van der Waals surface area contributed by atoms with E-state index in [0.717, 1.165) is 5.56 Å². The van der Waals surface area contributed by atoms with Crippen LogP contribution in [0.2, 0.25) is 0 Å². The zero-order chi connectivity index (χ0) is 13.2. The van der Waals surface area contributed by atoms with Gasteiger partial charge in [0, 0.05) is 5.56 Å². The van der Waals surface area contributed by atoms with Crippen molar-refractivity contribution in [2.75, 3.05) is 13.2 Å². The van der Waals surface area contributed by atoms with E-state index in [1.165, 1.54) is 10.9 Å². The Bertz CT molecular complexity index is 623. The van der Waals surface area contributed by atoms with Gasteiger partial charge in [-0.2, -0.15) is 0 Å². The van der Waals surface area contributed by atoms with Crippen LogP contribution in [0.4, 0.5) is 0 Å². The average molecular weight is 261 g/mol. The second-order valence-electron chi connectivity index (χ2n) is 4.03. The Morgan fingerprint density at radius 3 is 2.89 bits per heavy atom. The van der Waals surface area contributed by atoms with Crippen molar-refractivity contribution in [1.29, 1.82) is 0 Å². The molecule has 7 heteroatoms. The van der Waals surface area contributed by atoms with Gasteiger partial charge in [-0.1, -0.05) is 5.21 Å². The lowest BCUT2D eigenvalue weighted by atomic mass is 10.1. The standard InChI is InChI=1S/C12H11N3O4/c16-12(17)7-15-9(6-13-14-15)8-1-2-10-11(5-8)19-4-3-18-10/h1-2,5-6H,3-4,7H2,(H,16,17). The Kier molecular flexibility index (Phi) is 2.79. The molecule has 1 aliphatic heterocycles. The van der Waals surface area contributed by atoms with Gasteiger partial charge in [0.15, 0.2) is 11.5 Å². The Hall–Kier alpha value is -2.57. The second-order valence-corrected chi connectivity index (χ2v) is 4.03. The van der Waals surface area contributed by atoms with E-state index in [1.54, 1.807) is 12.1 Å². The molecule has 3 rings (SSSR count). The normalized spacial score (nSPS) is 13.3. The van der Waals surface area contributed by atoms with Crippen LogP contribution in [0.25, 0.3) is 11.3 Å². The highest BCUT2D eigenvalue weighted by Crippen LogP contribution is 2.34. The maximum atomic E-state index is 10.7. The van der Waals surface area contributed by atoms with Crippen LogP contribution in [0, 0.1) is 0 Å². The summed E-state index contributed by atoms with van der Waals surface area (Å²) in [4.78, 5) is 10.7. The predicted molar refractivity (Wildman–Crippen MR) is 64.1 cm³/mol. The third-order valence-corrected chi connectivity index (χ3v) is 2.74. The molecule has 2 aromatic rings. The Morgan fingerprint density at radius 2 is 2.11 bits per heavy atom. The van der Waals surface area contributed by atoms with Crippen LogP contribution in [0.5, 0.6) is 11.5 Å². The summed E-state index contributed by atoms with van der Waals surface area (Å²) in [5, 5.41) is 16.3. The first kappa shape index (κ1) is 11.5. The van der Waals surface area contributed by atoms with Crippen LogP contribution in [0.3, 0.4) is 0 Å². The van der Waals surface area contributed by atoms with Crippen molar-refractivity contribution in [3.63, 3.8) is 0 Å². The topological polar surface area (TPSA) is 86.5 Å². The lowest BCUT2D eigenvalue weighted by Gasteiger charge is -2.18. The van der Waals surface area contributed by atoms with Crippen molar-refractivity contribution in [2.24, 2.45) is 0 Å². The smallest absolute Gasteiger partial charge is 0.325 e. The minimum absolute atomic E-state index is 0.232. The van der Waals surface area contributed by atoms with E-state index in [4.69, 9.17) is 14.6 Å². The number of carboxylic acids is 1. The molecule has 2 heterocycles. The molecule has 98 valence electrons. The fraction of sp³-hybridized carbons (Fsp3) is 0.250. The molecule has 1 aromatic heterocycles. The Labute approximate surface area is 108 Å². The molecular formula is C12H11N3O4. The number of carbonyl (C=O) groups is 1. The van der Waals surface area contributed by atoms with E-state index in [0.29, 0.717) is 30.4 Å². The highest BCUT2D eigenvalue weighted by Gasteiger charge is 2.15. The number of fused-ring (bicyclic) bond motifs is 1. The van der Waals surface area contributed by atoms with E-state index < -0.39 is 5.97 Å². The van der Waals surface area contributed by atoms with Crippen LogP contribution in [0.1, 0.15) is 0 Å². The summed E-state index contributed by atoms with van der Waals surface area (Å²) in [7, 11) is 0. The van der Waals surface area contributed by atoms with E-state index in [9.17, 15) is 4.79 Å². The van der Waals surface area contributed by atoms with Crippen LogP contribution in [0.15, 0.2) is 24.4 Å². The van der Waals surface area contributed by atoms with Crippen LogP contribution in [-0.2, 0) is 11.3 Å². The molecule has 0 amide bonds. The highest BCUT2D eigenvalue weighted by molar-refractivity contribution is 5.69. The van der Waals surface area contributed by atoms with E-state index in [2.05, 4.69) is 10.3 Å². The van der Waals surface area contributed by atoms with Crippen molar-refractivity contribution in [1.82, 2.24) is 15.0 Å². The third-order valence-electron chi connectivity index (χ3n) is 2.74. The maximum Gasteiger partial charge on any atom is 0.325 e. The van der Waals surface area contributed by atoms with Gasteiger partial charge in [-0.3, -0.25) is 4.79 Å². The number of ether oxygens (including phenoxy) is 2. The van der Waals surface area contributed by atoms with Crippen molar-refractivity contribution < 1.29 is 19.4 Å². The molecule has 0 saturated heterocycles. The van der Waals surface area contributed by atoms with Gasteiger partial charge in [-0.05, 0) is 18.2 Å². The van der Waals surface area contributed by atoms with Gasteiger partial charge >= 0.3 is 5.97 Å². The Morgan fingerprint density at radius 1 is 1.32 bits per heavy atom. The number of aromatic nitrogens is 3. The molecule has 7 nitrogen and oxygen atoms in total. The molecule has 0 unspecified atom stereocenters. The number of nitrogens with zero attached hydrogens (tertiary/aromatic N) is 3. The monoisotopic (exact) mass is 261 g/mol. The van der Waals surface area contributed by atoms with Crippen molar-refractivity contribution in [3.05, 3.63) is 24.4 Å². The molecular weight excluding hydrogens is 250 g/mol. The minimum Gasteiger partial charge on any atom is -0.486 e. The predicted octanol–water partition coefficient (Wildman–Crippen LogP) is 0.801. The quantitative estimate of drug-likeness (QED) is 0.879. The number of hydrogen-bond acceptors (Lipinski definition) is 5. The lowest BCUT2D eigenvalue weighted by Crippen LogP contribution is -2.15. The molecule has 0 spiro atoms. The van der Waals surface area contributed by atoms with Crippen LogP contribution >= 0.6 is 0 Å². The zero-order valence-corrected chi connectivity index (χ0v) is 9.94. The van der Waals surface area contributed by atoms with Crippen molar-refractivity contribution in [3.8, 4) is 22.8 Å². The number of aliphatic carboxylic acids is 1. The molecule has 0 aliphatic carbocycles. The van der Waals surface area contributed by atoms with Crippen LogP contribution < -0.4 is 9.47 Å². The van der Waals surface area contributed by atoms with Gasteiger partial charge in [-0.25, -0.2) is 4.68 Å². The fourth-order valence-electron chi connectivity index (χ4n) is 1.93. The van der Waals surface area contributed by atoms with Gasteiger partial charge in [0.25, 0.3) is 0 Å². The summed E-state index contributed by atoms with van der Waals surface area (Å²) in [6.07, 6.45) is 1.52. The molecule has 0 saturated carbocycles. The summed E-state index contributed by atoms with van der Waals surface area (Å²) in [5.41, 5.74) is 1.41. The number of benzene rings is 1. The minimum atomic E-state index is -0.968. The van der Waals surface area contributed by atoms with Gasteiger partial charge in [0.2, 0.25) is 0 Å². The first-order valence-electron chi connectivity index (χ1n) is 5.74. The van der Waals surface area contributed by atoms with Crippen molar-refractivity contribution >= 4 is 5.97 Å². The zero-order valence-electron chi connectivity index (χ0n) is 9.94. The Balaban J connectivity index is 1.98. The number of carboxylic acid groups (broad SMARTS) is 1. The summed E-state index contributed by atoms with van der Waals surface area (Å²) >= 11 is 0. The number of rotatable bonds is 3. The van der Waals surface area contributed by atoms with E-state index in [-0.39, 0.29) is 6.54 Å². The second kappa shape index (κ2) is 4.60. The molecule has 1 aromatic carbocycles. The van der Waals surface area contributed by atoms with Crippen molar-refractivity contribution in [2.45, 2.75) is 6.54 Å². The first-order valence-corrected chi connectivity index (χ1v) is 5.74. The summed E-state index contributed by atoms with van der Waals surface area (Å²) in [6, 6.07) is 5.41. The number of hydrogen-bond donors (Lipinski definition) is 1. The largest absolute Gasteiger partial charge is 0.486 e. The molecule has 19 heavy (non-hydrogen) atoms.